The van der Waals surface area contributed by atoms with Crippen molar-refractivity contribution in [3.63, 3.8) is 0 Å². The predicted octanol–water partition coefficient (Wildman–Crippen LogP) is 3.58. The lowest BCUT2D eigenvalue weighted by molar-refractivity contribution is 0.459. The van der Waals surface area contributed by atoms with E-state index in [-0.39, 0.29) is 24.0 Å². The van der Waals surface area contributed by atoms with Crippen molar-refractivity contribution in [2.24, 2.45) is 10.9 Å². The van der Waals surface area contributed by atoms with Gasteiger partial charge in [0, 0.05) is 50.8 Å². The van der Waals surface area contributed by atoms with Crippen molar-refractivity contribution in [3.8, 4) is 0 Å². The first-order valence-corrected chi connectivity index (χ1v) is 10.8. The number of nitrogens with zero attached hydrogens (tertiary/aromatic N) is 5. The van der Waals surface area contributed by atoms with E-state index >= 15 is 0 Å². The van der Waals surface area contributed by atoms with Crippen LogP contribution in [0.4, 0.5) is 5.82 Å². The Labute approximate surface area is 197 Å². The zero-order chi connectivity index (χ0) is 20.6. The molecular weight excluding hydrogens is 489 g/mol. The lowest BCUT2D eigenvalue weighted by atomic mass is 10.1. The van der Waals surface area contributed by atoms with Gasteiger partial charge in [0.25, 0.3) is 0 Å². The van der Waals surface area contributed by atoms with Crippen LogP contribution in [0.15, 0.2) is 35.7 Å². The molecule has 0 aromatic carbocycles. The summed E-state index contributed by atoms with van der Waals surface area (Å²) in [5, 5.41) is 6.99. The molecule has 0 radical (unpaired) electrons. The van der Waals surface area contributed by atoms with Gasteiger partial charge in [-0.3, -0.25) is 0 Å². The Hall–Kier alpha value is -1.84. The first-order chi connectivity index (χ1) is 14.0. The van der Waals surface area contributed by atoms with Gasteiger partial charge in [-0.2, -0.15) is 0 Å². The second-order valence-corrected chi connectivity index (χ2v) is 8.18. The van der Waals surface area contributed by atoms with E-state index in [1.807, 2.05) is 18.6 Å². The number of hydrogen-bond donors (Lipinski definition) is 2. The monoisotopic (exact) mass is 525 g/mol. The Morgan fingerprint density at radius 3 is 2.63 bits per heavy atom. The summed E-state index contributed by atoms with van der Waals surface area (Å²) in [6, 6.07) is 4.67. The van der Waals surface area contributed by atoms with Gasteiger partial charge >= 0.3 is 0 Å². The Bertz CT molecular complexity index is 777. The summed E-state index contributed by atoms with van der Waals surface area (Å²) in [6.45, 7) is 13.0. The van der Waals surface area contributed by atoms with Crippen molar-refractivity contribution < 1.29 is 0 Å². The second kappa shape index (κ2) is 12.1. The van der Waals surface area contributed by atoms with Crippen molar-refractivity contribution >= 4 is 35.8 Å². The Morgan fingerprint density at radius 1 is 1.23 bits per heavy atom. The van der Waals surface area contributed by atoms with Gasteiger partial charge in [0.15, 0.2) is 5.96 Å². The maximum Gasteiger partial charge on any atom is 0.191 e. The van der Waals surface area contributed by atoms with E-state index in [4.69, 9.17) is 4.99 Å². The molecule has 1 aliphatic rings. The number of rotatable bonds is 7. The van der Waals surface area contributed by atoms with Gasteiger partial charge in [-0.15, -0.1) is 24.0 Å². The number of aliphatic imine (C=N–C) groups is 1. The Morgan fingerprint density at radius 2 is 2.00 bits per heavy atom. The number of nitrogens with one attached hydrogen (secondary N) is 2. The van der Waals surface area contributed by atoms with Gasteiger partial charge < -0.3 is 20.1 Å². The minimum atomic E-state index is 0. The number of pyridine rings is 1. The summed E-state index contributed by atoms with van der Waals surface area (Å²) in [7, 11) is 0. The van der Waals surface area contributed by atoms with Crippen LogP contribution < -0.4 is 15.5 Å². The van der Waals surface area contributed by atoms with E-state index in [1.54, 1.807) is 0 Å². The summed E-state index contributed by atoms with van der Waals surface area (Å²) in [5.41, 5.74) is 1.20. The summed E-state index contributed by atoms with van der Waals surface area (Å²) in [6.07, 6.45) is 7.99. The summed E-state index contributed by atoms with van der Waals surface area (Å²) < 4.78 is 2.20. The van der Waals surface area contributed by atoms with E-state index < -0.39 is 0 Å². The molecular formula is C22H36IN7. The topological polar surface area (TPSA) is 70.4 Å². The molecule has 166 valence electrons. The molecule has 2 aromatic heterocycles. The van der Waals surface area contributed by atoms with Gasteiger partial charge in [0.1, 0.15) is 18.2 Å². The molecule has 1 fully saturated rings. The molecule has 1 aliphatic heterocycles. The molecule has 3 heterocycles. The number of aromatic nitrogens is 3. The van der Waals surface area contributed by atoms with Crippen molar-refractivity contribution in [2.75, 3.05) is 24.5 Å². The van der Waals surface area contributed by atoms with E-state index in [0.717, 1.165) is 56.6 Å². The van der Waals surface area contributed by atoms with Crippen LogP contribution in [0.5, 0.6) is 0 Å². The SMILES string of the molecule is CCNC(=NCc1nccn1CC(C)C)NC1CCN(c2ccc(C)cn2)CC1.I. The van der Waals surface area contributed by atoms with Crippen molar-refractivity contribution in [2.45, 2.75) is 59.7 Å². The fourth-order valence-electron chi connectivity index (χ4n) is 3.61. The van der Waals surface area contributed by atoms with Crippen LogP contribution in [0.3, 0.4) is 0 Å². The number of hydrogen-bond acceptors (Lipinski definition) is 4. The van der Waals surface area contributed by atoms with E-state index in [9.17, 15) is 0 Å². The molecule has 7 nitrogen and oxygen atoms in total. The average Bonchev–Trinajstić information content (AvgIpc) is 3.14. The zero-order valence-electron chi connectivity index (χ0n) is 18.6. The summed E-state index contributed by atoms with van der Waals surface area (Å²) in [4.78, 5) is 16.2. The smallest absolute Gasteiger partial charge is 0.191 e. The fourth-order valence-corrected chi connectivity index (χ4v) is 3.61. The molecule has 0 spiro atoms. The van der Waals surface area contributed by atoms with Crippen molar-refractivity contribution in [3.05, 3.63) is 42.1 Å². The molecule has 0 saturated carbocycles. The lowest BCUT2D eigenvalue weighted by Gasteiger charge is -2.33. The summed E-state index contributed by atoms with van der Waals surface area (Å²) >= 11 is 0. The average molecular weight is 525 g/mol. The molecule has 0 amide bonds. The number of aryl methyl sites for hydroxylation is 1. The van der Waals surface area contributed by atoms with Crippen LogP contribution in [-0.4, -0.2) is 46.2 Å². The molecule has 2 N–H and O–H groups in total. The molecule has 2 aromatic rings. The number of guanidine groups is 1. The Balaban J connectivity index is 0.00000320. The fraction of sp³-hybridized carbons (Fsp3) is 0.591. The van der Waals surface area contributed by atoms with Crippen molar-refractivity contribution in [1.82, 2.24) is 25.2 Å². The molecule has 30 heavy (non-hydrogen) atoms. The molecule has 0 unspecified atom stereocenters. The van der Waals surface area contributed by atoms with Crippen molar-refractivity contribution in [1.29, 1.82) is 0 Å². The first kappa shape index (κ1) is 24.4. The maximum atomic E-state index is 4.79. The summed E-state index contributed by atoms with van der Waals surface area (Å²) in [5.74, 6) is 3.55. The third-order valence-electron chi connectivity index (χ3n) is 5.14. The van der Waals surface area contributed by atoms with Crippen LogP contribution in [0.1, 0.15) is 45.0 Å². The minimum Gasteiger partial charge on any atom is -0.357 e. The van der Waals surface area contributed by atoms with Crippen LogP contribution in [0.2, 0.25) is 0 Å². The molecule has 0 atom stereocenters. The molecule has 0 aliphatic carbocycles. The number of imidazole rings is 1. The van der Waals surface area contributed by atoms with Gasteiger partial charge in [-0.1, -0.05) is 19.9 Å². The molecule has 8 heteroatoms. The lowest BCUT2D eigenvalue weighted by Crippen LogP contribution is -2.48. The van der Waals surface area contributed by atoms with Crippen LogP contribution in [0, 0.1) is 12.8 Å². The normalized spacial score (nSPS) is 15.2. The van der Waals surface area contributed by atoms with Crippen LogP contribution >= 0.6 is 24.0 Å². The number of anilines is 1. The van der Waals surface area contributed by atoms with E-state index in [2.05, 4.69) is 69.9 Å². The zero-order valence-corrected chi connectivity index (χ0v) is 21.0. The predicted molar refractivity (Wildman–Crippen MR) is 135 cm³/mol. The van der Waals surface area contributed by atoms with Crippen LogP contribution in [0.25, 0.3) is 0 Å². The molecule has 3 rings (SSSR count). The maximum absolute atomic E-state index is 4.79. The van der Waals surface area contributed by atoms with Gasteiger partial charge in [0.05, 0.1) is 0 Å². The van der Waals surface area contributed by atoms with Gasteiger partial charge in [-0.05, 0) is 44.2 Å². The highest BCUT2D eigenvalue weighted by atomic mass is 127. The second-order valence-electron chi connectivity index (χ2n) is 8.18. The highest BCUT2D eigenvalue weighted by molar-refractivity contribution is 14.0. The third-order valence-corrected chi connectivity index (χ3v) is 5.14. The van der Waals surface area contributed by atoms with Gasteiger partial charge in [-0.25, -0.2) is 15.0 Å². The standard InChI is InChI=1S/C22H35N7.HI/c1-5-23-22(26-15-21-24-10-13-29(21)16-17(2)3)27-19-8-11-28(12-9-19)20-7-6-18(4)14-25-20;/h6-7,10,13-14,17,19H,5,8-9,11-12,15-16H2,1-4H3,(H2,23,26,27);1H. The van der Waals surface area contributed by atoms with Crippen LogP contribution in [-0.2, 0) is 13.1 Å². The minimum absolute atomic E-state index is 0. The largest absolute Gasteiger partial charge is 0.357 e. The molecule has 1 saturated heterocycles. The highest BCUT2D eigenvalue weighted by Gasteiger charge is 2.21. The molecule has 0 bridgehead atoms. The highest BCUT2D eigenvalue weighted by Crippen LogP contribution is 2.18. The Kier molecular flexibility index (Phi) is 9.87. The van der Waals surface area contributed by atoms with Gasteiger partial charge in [0.2, 0.25) is 0 Å². The quantitative estimate of drug-likeness (QED) is 0.329. The van der Waals surface area contributed by atoms with E-state index in [1.165, 1.54) is 5.56 Å². The first-order valence-electron chi connectivity index (χ1n) is 10.8. The number of halogens is 1. The third kappa shape index (κ3) is 7.14. The van der Waals surface area contributed by atoms with E-state index in [0.29, 0.717) is 18.5 Å². The number of piperidine rings is 1.